The highest BCUT2D eigenvalue weighted by atomic mass is 16.5. The minimum absolute atomic E-state index is 0.000690. The fourth-order valence-electron chi connectivity index (χ4n) is 2.95. The minimum Gasteiger partial charge on any atom is -0.463 e. The Morgan fingerprint density at radius 3 is 2.59 bits per heavy atom. The van der Waals surface area contributed by atoms with Crippen molar-refractivity contribution in [3.63, 3.8) is 0 Å². The predicted octanol–water partition coefficient (Wildman–Crippen LogP) is 0.605. The summed E-state index contributed by atoms with van der Waals surface area (Å²) < 4.78 is 16.6. The molecule has 2 aromatic rings. The third-order valence-electron chi connectivity index (χ3n) is 4.24. The summed E-state index contributed by atoms with van der Waals surface area (Å²) in [7, 11) is 0. The van der Waals surface area contributed by atoms with Gasteiger partial charge in [0.25, 0.3) is 5.56 Å². The smallest absolute Gasteiger partial charge is 0.342 e. The van der Waals surface area contributed by atoms with E-state index in [0.29, 0.717) is 0 Å². The molecule has 2 aromatic heterocycles. The maximum Gasteiger partial charge on any atom is 0.342 e. The van der Waals surface area contributed by atoms with E-state index in [-0.39, 0.29) is 60.0 Å². The van der Waals surface area contributed by atoms with Gasteiger partial charge in [-0.3, -0.25) is 9.36 Å². The van der Waals surface area contributed by atoms with Crippen LogP contribution in [0, 0.1) is 6.92 Å². The molecule has 0 aliphatic carbocycles. The number of nitrogens with one attached hydrogen (secondary N) is 2. The number of ether oxygens (including phenoxy) is 2. The summed E-state index contributed by atoms with van der Waals surface area (Å²) in [6.07, 6.45) is 1.21. The molecule has 1 aliphatic rings. The molecule has 0 spiro atoms. The Hall–Kier alpha value is -3.63. The van der Waals surface area contributed by atoms with E-state index >= 15 is 0 Å². The number of esters is 2. The van der Waals surface area contributed by atoms with Gasteiger partial charge in [0.1, 0.15) is 23.0 Å². The predicted molar refractivity (Wildman–Crippen MR) is 99.2 cm³/mol. The highest BCUT2D eigenvalue weighted by molar-refractivity contribution is 6.03. The van der Waals surface area contributed by atoms with Crippen LogP contribution in [0.3, 0.4) is 0 Å². The SMILES string of the molecule is CCOC(=O)C1=C(Cn2cnc3oc(C)c(C(=O)OCC)c3c2=O)NC(=O)NC1. The third-order valence-corrected chi connectivity index (χ3v) is 4.24. The number of amides is 2. The summed E-state index contributed by atoms with van der Waals surface area (Å²) in [5.41, 5.74) is -0.178. The first-order valence-electron chi connectivity index (χ1n) is 8.97. The summed E-state index contributed by atoms with van der Waals surface area (Å²) in [5.74, 6) is -1.09. The Morgan fingerprint density at radius 1 is 1.21 bits per heavy atom. The number of carbonyl (C=O) groups excluding carboxylic acids is 3. The number of fused-ring (bicyclic) bond motifs is 1. The quantitative estimate of drug-likeness (QED) is 0.667. The van der Waals surface area contributed by atoms with Gasteiger partial charge in [-0.2, -0.15) is 0 Å². The van der Waals surface area contributed by atoms with Crippen LogP contribution in [0.1, 0.15) is 30.0 Å². The molecule has 2 N–H and O–H groups in total. The summed E-state index contributed by atoms with van der Waals surface area (Å²) in [6.45, 7) is 4.94. The van der Waals surface area contributed by atoms with Crippen molar-refractivity contribution in [2.75, 3.05) is 19.8 Å². The van der Waals surface area contributed by atoms with Gasteiger partial charge in [0.05, 0.1) is 37.6 Å². The second-order valence-electron chi connectivity index (χ2n) is 6.10. The molecule has 0 unspecified atom stereocenters. The zero-order valence-electron chi connectivity index (χ0n) is 16.2. The Balaban J connectivity index is 2.08. The van der Waals surface area contributed by atoms with Crippen LogP contribution >= 0.6 is 0 Å². The van der Waals surface area contributed by atoms with Crippen LogP contribution in [0.2, 0.25) is 0 Å². The Kier molecular flexibility index (Phi) is 5.66. The molecular formula is C18H20N4O7. The third kappa shape index (κ3) is 3.84. The molecule has 11 nitrogen and oxygen atoms in total. The molecule has 0 atom stereocenters. The van der Waals surface area contributed by atoms with Crippen molar-refractivity contribution in [3.05, 3.63) is 39.3 Å². The van der Waals surface area contributed by atoms with E-state index in [4.69, 9.17) is 13.9 Å². The minimum atomic E-state index is -0.693. The van der Waals surface area contributed by atoms with E-state index < -0.39 is 23.5 Å². The van der Waals surface area contributed by atoms with E-state index in [1.807, 2.05) is 0 Å². The summed E-state index contributed by atoms with van der Waals surface area (Å²) in [5, 5.41) is 4.98. The number of aryl methyl sites for hydroxylation is 1. The van der Waals surface area contributed by atoms with Gasteiger partial charge in [-0.05, 0) is 20.8 Å². The van der Waals surface area contributed by atoms with Crippen molar-refractivity contribution in [2.24, 2.45) is 0 Å². The molecule has 0 fully saturated rings. The number of hydrogen-bond acceptors (Lipinski definition) is 8. The molecule has 11 heteroatoms. The topological polar surface area (TPSA) is 142 Å². The monoisotopic (exact) mass is 404 g/mol. The van der Waals surface area contributed by atoms with Gasteiger partial charge in [0.15, 0.2) is 0 Å². The standard InChI is InChI=1S/C18H20N4O7/c1-4-27-16(24)10-6-19-18(26)21-11(10)7-22-8-20-14-13(15(22)23)12(9(3)29-14)17(25)28-5-2/h8H,4-7H2,1-3H3,(H2,19,21,26). The first kappa shape index (κ1) is 20.1. The number of aromatic nitrogens is 2. The average molecular weight is 404 g/mol. The van der Waals surface area contributed by atoms with Crippen molar-refractivity contribution in [1.29, 1.82) is 0 Å². The lowest BCUT2D eigenvalue weighted by atomic mass is 10.1. The average Bonchev–Trinajstić information content (AvgIpc) is 3.01. The van der Waals surface area contributed by atoms with E-state index in [1.165, 1.54) is 17.8 Å². The summed E-state index contributed by atoms with van der Waals surface area (Å²) in [6, 6.07) is -0.512. The molecule has 0 saturated heterocycles. The molecule has 154 valence electrons. The van der Waals surface area contributed by atoms with Crippen LogP contribution < -0.4 is 16.2 Å². The highest BCUT2D eigenvalue weighted by Crippen LogP contribution is 2.22. The van der Waals surface area contributed by atoms with Gasteiger partial charge < -0.3 is 24.5 Å². The Labute approximate surface area is 164 Å². The maximum atomic E-state index is 13.0. The van der Waals surface area contributed by atoms with Crippen LogP contribution in [0.4, 0.5) is 4.79 Å². The van der Waals surface area contributed by atoms with Crippen LogP contribution in [0.5, 0.6) is 0 Å². The van der Waals surface area contributed by atoms with Crippen LogP contribution in [0.15, 0.2) is 26.8 Å². The fourth-order valence-corrected chi connectivity index (χ4v) is 2.95. The second-order valence-corrected chi connectivity index (χ2v) is 6.10. The van der Waals surface area contributed by atoms with Gasteiger partial charge in [-0.25, -0.2) is 19.4 Å². The number of urea groups is 1. The molecule has 0 aromatic carbocycles. The van der Waals surface area contributed by atoms with Crippen LogP contribution in [0.25, 0.3) is 11.1 Å². The van der Waals surface area contributed by atoms with Crippen molar-refractivity contribution in [3.8, 4) is 0 Å². The summed E-state index contributed by atoms with van der Waals surface area (Å²) >= 11 is 0. The van der Waals surface area contributed by atoms with Crippen molar-refractivity contribution in [2.45, 2.75) is 27.3 Å². The zero-order chi connectivity index (χ0) is 21.1. The van der Waals surface area contributed by atoms with Gasteiger partial charge in [-0.15, -0.1) is 0 Å². The molecule has 29 heavy (non-hydrogen) atoms. The molecule has 0 saturated carbocycles. The second kappa shape index (κ2) is 8.17. The Morgan fingerprint density at radius 2 is 1.90 bits per heavy atom. The van der Waals surface area contributed by atoms with Crippen molar-refractivity contribution in [1.82, 2.24) is 20.2 Å². The summed E-state index contributed by atoms with van der Waals surface area (Å²) in [4.78, 5) is 53.2. The van der Waals surface area contributed by atoms with E-state index in [2.05, 4.69) is 15.6 Å². The zero-order valence-corrected chi connectivity index (χ0v) is 16.2. The maximum absolute atomic E-state index is 13.0. The number of rotatable bonds is 6. The van der Waals surface area contributed by atoms with Crippen LogP contribution in [-0.2, 0) is 20.8 Å². The molecule has 1 aliphatic heterocycles. The van der Waals surface area contributed by atoms with Gasteiger partial charge in [0, 0.05) is 0 Å². The molecular weight excluding hydrogens is 384 g/mol. The number of allylic oxidation sites excluding steroid dienone is 1. The van der Waals surface area contributed by atoms with Gasteiger partial charge in [0.2, 0.25) is 5.71 Å². The van der Waals surface area contributed by atoms with E-state index in [9.17, 15) is 19.2 Å². The normalized spacial score (nSPS) is 13.8. The van der Waals surface area contributed by atoms with Crippen molar-refractivity contribution < 1.29 is 28.3 Å². The molecule has 3 rings (SSSR count). The molecule has 0 bridgehead atoms. The molecule has 0 radical (unpaired) electrons. The number of furan rings is 1. The lowest BCUT2D eigenvalue weighted by Gasteiger charge is -2.21. The number of hydrogen-bond donors (Lipinski definition) is 2. The van der Waals surface area contributed by atoms with E-state index in [1.54, 1.807) is 13.8 Å². The van der Waals surface area contributed by atoms with Crippen molar-refractivity contribution >= 4 is 29.1 Å². The number of nitrogens with zero attached hydrogens (tertiary/aromatic N) is 2. The van der Waals surface area contributed by atoms with Gasteiger partial charge >= 0.3 is 18.0 Å². The first-order chi connectivity index (χ1) is 13.9. The lowest BCUT2D eigenvalue weighted by Crippen LogP contribution is -2.45. The largest absolute Gasteiger partial charge is 0.463 e. The number of carbonyl (C=O) groups is 3. The van der Waals surface area contributed by atoms with Crippen LogP contribution in [-0.4, -0.2) is 47.3 Å². The van der Waals surface area contributed by atoms with Gasteiger partial charge in [-0.1, -0.05) is 0 Å². The highest BCUT2D eigenvalue weighted by Gasteiger charge is 2.27. The fraction of sp³-hybridized carbons (Fsp3) is 0.389. The first-order valence-corrected chi connectivity index (χ1v) is 8.97. The Bertz CT molecular complexity index is 1080. The lowest BCUT2D eigenvalue weighted by molar-refractivity contribution is -0.138. The molecule has 3 heterocycles. The van der Waals surface area contributed by atoms with E-state index in [0.717, 1.165) is 0 Å². The molecule has 2 amide bonds.